The van der Waals surface area contributed by atoms with Crippen molar-refractivity contribution in [2.24, 2.45) is 0 Å². The zero-order chi connectivity index (χ0) is 58.1. The van der Waals surface area contributed by atoms with Gasteiger partial charge in [0, 0.05) is 59.3 Å². The van der Waals surface area contributed by atoms with Crippen molar-refractivity contribution >= 4 is 46.2 Å². The van der Waals surface area contributed by atoms with Crippen molar-refractivity contribution in [2.75, 3.05) is 0 Å². The van der Waals surface area contributed by atoms with E-state index in [1.807, 2.05) is 6.07 Å². The molecule has 10 aromatic rings. The minimum absolute atomic E-state index is 0. The van der Waals surface area contributed by atoms with Crippen molar-refractivity contribution in [1.29, 1.82) is 0 Å². The number of imidazole rings is 1. The average Bonchev–Trinajstić information content (AvgIpc) is 3.99. The number of hydrogen-bond donors (Lipinski definition) is 0. The summed E-state index contributed by atoms with van der Waals surface area (Å²) in [5, 5.41) is 3.54. The van der Waals surface area contributed by atoms with Gasteiger partial charge in [0.05, 0.1) is 41.9 Å². The first-order valence-corrected chi connectivity index (χ1v) is 30.2. The molecule has 4 aromatic heterocycles. The van der Waals surface area contributed by atoms with E-state index < -0.39 is 31.7 Å². The number of benzene rings is 6. The Morgan fingerprint density at radius 1 is 0.580 bits per heavy atom. The monoisotopic (exact) mass is 1300 g/mol. The first-order valence-electron chi connectivity index (χ1n) is 26.7. The van der Waals surface area contributed by atoms with E-state index in [1.54, 1.807) is 6.07 Å². The Balaban J connectivity index is 0.000000314. The predicted molar refractivity (Wildman–Crippen MR) is 311 cm³/mol. The van der Waals surface area contributed by atoms with Gasteiger partial charge in [-0.2, -0.15) is 26.3 Å². The van der Waals surface area contributed by atoms with Gasteiger partial charge in [0.15, 0.2) is 5.82 Å². The summed E-state index contributed by atoms with van der Waals surface area (Å²) < 4.78 is 99.4. The van der Waals surface area contributed by atoms with Crippen LogP contribution in [0.3, 0.4) is 0 Å². The molecule has 0 atom stereocenters. The smallest absolute Gasteiger partial charge is 0.435 e. The Morgan fingerprint density at radius 2 is 1.17 bits per heavy atom. The van der Waals surface area contributed by atoms with Crippen LogP contribution in [0.1, 0.15) is 109 Å². The molecule has 15 heteroatoms. The van der Waals surface area contributed by atoms with Crippen LogP contribution in [0.25, 0.3) is 83.8 Å². The number of pyridine rings is 1. The van der Waals surface area contributed by atoms with E-state index in [0.29, 0.717) is 24.2 Å². The maximum Gasteiger partial charge on any atom is 0.435 e. The van der Waals surface area contributed by atoms with Crippen LogP contribution in [-0.2, 0) is 36.6 Å². The van der Waals surface area contributed by atoms with Gasteiger partial charge < -0.3 is 14.0 Å². The van der Waals surface area contributed by atoms with Gasteiger partial charge in [0.1, 0.15) is 5.58 Å². The molecule has 81 heavy (non-hydrogen) atoms. The van der Waals surface area contributed by atoms with E-state index in [0.717, 1.165) is 61.3 Å². The summed E-state index contributed by atoms with van der Waals surface area (Å²) in [6, 6.07) is 48.0. The van der Waals surface area contributed by atoms with Crippen LogP contribution in [-0.4, -0.2) is 44.9 Å². The number of nitrogens with zero attached hydrogens (tertiary/aromatic N) is 5. The molecule has 0 aliphatic heterocycles. The molecule has 0 aliphatic rings. The maximum atomic E-state index is 13.9. The van der Waals surface area contributed by atoms with Crippen LogP contribution in [0.2, 0.25) is 19.6 Å². The van der Waals surface area contributed by atoms with Crippen molar-refractivity contribution in [3.63, 3.8) is 0 Å². The largest absolute Gasteiger partial charge is 0.501 e. The van der Waals surface area contributed by atoms with Crippen LogP contribution in [0.4, 0.5) is 30.7 Å². The van der Waals surface area contributed by atoms with Gasteiger partial charge in [-0.15, -0.1) is 54.1 Å². The van der Waals surface area contributed by atoms with Gasteiger partial charge in [0.2, 0.25) is 0 Å². The molecule has 4 heterocycles. The van der Waals surface area contributed by atoms with Crippen LogP contribution in [0, 0.1) is 12.1 Å². The van der Waals surface area contributed by atoms with E-state index >= 15 is 0 Å². The Kier molecular flexibility index (Phi) is 16.5. The molecule has 0 amide bonds. The van der Waals surface area contributed by atoms with Gasteiger partial charge in [0.25, 0.3) is 0 Å². The summed E-state index contributed by atoms with van der Waals surface area (Å²) >= 11 is 0. The zero-order valence-electron chi connectivity index (χ0n) is 47.6. The quantitative estimate of drug-likeness (QED) is 0.0818. The maximum absolute atomic E-state index is 13.9. The Bertz CT molecular complexity index is 3830. The van der Waals surface area contributed by atoms with Crippen molar-refractivity contribution in [3.05, 3.63) is 180 Å². The number of hydrogen-bond acceptors (Lipinski definition) is 5. The molecule has 10 rings (SSSR count). The normalized spacial score (nSPS) is 12.8. The standard InChI is InChI=1S/C52H57N4OSi.C14H7F7N.Ir/c1-31(2)40-27-35(33-21-24-36(25-22-33)58(11,12)13)28-41(32(3)4)47(40)56-43-20-15-14-19-42(43)53-50(56)39-18-16-17-38-37-26-23-34(29-44(37)57-48(38)39)49-54-45(51(5,6)7)30-46(55-49)52(8,9)10;15-12(13(16,17)18,14(19,20)21)10-6-7-22-11(8-10)9-4-2-1-3-5-9;/h14-17,19-32H,1-13H3;1-4,6-8H;/q2*-1;. The first-order chi connectivity index (χ1) is 37.4. The van der Waals surface area contributed by atoms with Crippen molar-refractivity contribution in [3.8, 4) is 50.8 Å². The molecule has 0 aliphatic carbocycles. The van der Waals surface area contributed by atoms with Crippen molar-refractivity contribution in [2.45, 2.75) is 130 Å². The molecule has 0 spiro atoms. The zero-order valence-corrected chi connectivity index (χ0v) is 51.0. The van der Waals surface area contributed by atoms with Gasteiger partial charge in [-0.25, -0.2) is 14.4 Å². The molecule has 1 radical (unpaired) electrons. The van der Waals surface area contributed by atoms with E-state index in [4.69, 9.17) is 19.4 Å². The minimum Gasteiger partial charge on any atom is -0.501 e. The van der Waals surface area contributed by atoms with Gasteiger partial charge >= 0.3 is 18.0 Å². The topological polar surface area (TPSA) is 69.6 Å². The number of alkyl halides is 7. The summed E-state index contributed by atoms with van der Waals surface area (Å²) in [6.45, 7) is 29.6. The predicted octanol–water partition coefficient (Wildman–Crippen LogP) is 18.7. The molecule has 0 bridgehead atoms. The summed E-state index contributed by atoms with van der Waals surface area (Å²) in [4.78, 5) is 19.2. The number of aromatic nitrogens is 5. The third-order valence-electron chi connectivity index (χ3n) is 14.4. The van der Waals surface area contributed by atoms with Gasteiger partial charge in [-0.05, 0) is 82.2 Å². The molecule has 423 valence electrons. The molecule has 6 nitrogen and oxygen atoms in total. The van der Waals surface area contributed by atoms with E-state index in [9.17, 15) is 30.7 Å². The Morgan fingerprint density at radius 3 is 1.73 bits per heavy atom. The average molecular weight is 1300 g/mol. The summed E-state index contributed by atoms with van der Waals surface area (Å²) in [5.41, 5.74) is 6.23. The summed E-state index contributed by atoms with van der Waals surface area (Å²) in [5.74, 6) is 2.04. The van der Waals surface area contributed by atoms with E-state index in [2.05, 4.69) is 202 Å². The first kappa shape index (κ1) is 60.3. The molecule has 0 N–H and O–H groups in total. The van der Waals surface area contributed by atoms with E-state index in [-0.39, 0.29) is 54.0 Å². The number of fused-ring (bicyclic) bond motifs is 4. The molecule has 6 aromatic carbocycles. The number of halogens is 7. The molecule has 0 unspecified atom stereocenters. The molecule has 0 fully saturated rings. The minimum atomic E-state index is -6.15. The van der Waals surface area contributed by atoms with Crippen LogP contribution in [0.5, 0.6) is 0 Å². The van der Waals surface area contributed by atoms with Crippen molar-refractivity contribution < 1.29 is 55.3 Å². The molecule has 0 saturated heterocycles. The fraction of sp³-hybridized carbons (Fsp3) is 0.303. The summed E-state index contributed by atoms with van der Waals surface area (Å²) in [7, 11) is -1.42. The molecule has 0 saturated carbocycles. The van der Waals surface area contributed by atoms with Gasteiger partial charge in [-0.1, -0.05) is 160 Å². The second kappa shape index (κ2) is 22.2. The van der Waals surface area contributed by atoms with Crippen LogP contribution in [0.15, 0.2) is 144 Å². The van der Waals surface area contributed by atoms with Crippen LogP contribution < -0.4 is 5.19 Å². The number of furan rings is 1. The SMILES string of the molecule is CC(C)c1cc(-c2ccc([Si](C)(C)C)cc2)cc(C(C)C)c1-n1c(-c2[c-]ccc3c2oc2cc(-c4nc(C(C)(C)C)cc(C(C)(C)C)n4)ccc23)nc2ccccc21.FC(F)(F)C(F)(c1ccnc(-c2[c-]cccc2)c1)C(F)(F)F.[Ir]. The molecular weight excluding hydrogens is 1230 g/mol. The van der Waals surface area contributed by atoms with Crippen molar-refractivity contribution in [1.82, 2.24) is 24.5 Å². The second-order valence-electron chi connectivity index (χ2n) is 24.1. The van der Waals surface area contributed by atoms with Crippen LogP contribution >= 0.6 is 0 Å². The number of para-hydroxylation sites is 2. The summed E-state index contributed by atoms with van der Waals surface area (Å²) in [6.07, 6.45) is -11.6. The number of rotatable bonds is 9. The Labute approximate surface area is 483 Å². The van der Waals surface area contributed by atoms with Gasteiger partial charge in [-0.3, -0.25) is 4.98 Å². The fourth-order valence-electron chi connectivity index (χ4n) is 9.79. The third-order valence-corrected chi connectivity index (χ3v) is 16.4. The third kappa shape index (κ3) is 11.8. The van der Waals surface area contributed by atoms with E-state index in [1.165, 1.54) is 51.3 Å². The second-order valence-corrected chi connectivity index (χ2v) is 29.2. The molecular formula is C66H64F7IrN5OSi-2. The Hall–Kier alpha value is -6.80. The fourth-order valence-corrected chi connectivity index (χ4v) is 11.0.